The Balaban J connectivity index is 1.47. The van der Waals surface area contributed by atoms with Crippen LogP contribution in [-0.4, -0.2) is 0 Å². The first kappa shape index (κ1) is 21.5. The van der Waals surface area contributed by atoms with Crippen LogP contribution in [0.3, 0.4) is 0 Å². The summed E-state index contributed by atoms with van der Waals surface area (Å²) in [5, 5.41) is 3.50. The Hall–Kier alpha value is -4.30. The van der Waals surface area contributed by atoms with Crippen LogP contribution in [0.4, 0.5) is 28.4 Å². The molecule has 0 aliphatic rings. The Morgan fingerprint density at radius 2 is 1.00 bits per heavy atom. The van der Waals surface area contributed by atoms with Gasteiger partial charge in [0.15, 0.2) is 0 Å². The lowest BCUT2D eigenvalue weighted by atomic mass is 10.0. The number of benzene rings is 5. The fraction of sp³-hybridized carbons (Fsp3) is 0.0625. The van der Waals surface area contributed by atoms with Gasteiger partial charge in [-0.05, 0) is 91.2 Å². The third kappa shape index (κ3) is 4.87. The number of rotatable bonds is 6. The summed E-state index contributed by atoms with van der Waals surface area (Å²) in [6, 6.07) is 45.0. The molecule has 0 spiro atoms. The number of anilines is 5. The van der Waals surface area contributed by atoms with Crippen molar-refractivity contribution in [3.63, 3.8) is 0 Å². The van der Waals surface area contributed by atoms with Crippen LogP contribution < -0.4 is 10.2 Å². The average Bonchev–Trinajstić information content (AvgIpc) is 2.87. The zero-order chi connectivity index (χ0) is 23.3. The van der Waals surface area contributed by atoms with Crippen molar-refractivity contribution in [2.45, 2.75) is 13.8 Å². The number of nitrogens with zero attached hydrogens (tertiary/aromatic N) is 1. The molecule has 34 heavy (non-hydrogen) atoms. The third-order valence-electron chi connectivity index (χ3n) is 5.96. The number of nitrogens with one attached hydrogen (secondary N) is 1. The Kier molecular flexibility index (Phi) is 6.13. The van der Waals surface area contributed by atoms with E-state index in [9.17, 15) is 0 Å². The molecular weight excluding hydrogens is 412 g/mol. The number of hydrogen-bond donors (Lipinski definition) is 1. The summed E-state index contributed by atoms with van der Waals surface area (Å²) < 4.78 is 0. The van der Waals surface area contributed by atoms with E-state index in [1.165, 1.54) is 22.3 Å². The van der Waals surface area contributed by atoms with Gasteiger partial charge < -0.3 is 10.2 Å². The van der Waals surface area contributed by atoms with Crippen molar-refractivity contribution in [1.29, 1.82) is 0 Å². The molecule has 0 unspecified atom stereocenters. The summed E-state index contributed by atoms with van der Waals surface area (Å²) in [5.74, 6) is 0. The van der Waals surface area contributed by atoms with Crippen LogP contribution in [0.15, 0.2) is 127 Å². The molecule has 0 fully saturated rings. The second kappa shape index (κ2) is 9.68. The fourth-order valence-electron chi connectivity index (χ4n) is 4.16. The van der Waals surface area contributed by atoms with Crippen LogP contribution in [0, 0.1) is 13.8 Å². The van der Waals surface area contributed by atoms with E-state index in [-0.39, 0.29) is 0 Å². The minimum atomic E-state index is 1.07. The minimum absolute atomic E-state index is 1.07. The van der Waals surface area contributed by atoms with Gasteiger partial charge in [-0.25, -0.2) is 0 Å². The van der Waals surface area contributed by atoms with Crippen molar-refractivity contribution in [2.75, 3.05) is 10.2 Å². The zero-order valence-corrected chi connectivity index (χ0v) is 19.6. The van der Waals surface area contributed by atoms with Crippen molar-refractivity contribution in [3.05, 3.63) is 139 Å². The molecule has 2 heteroatoms. The van der Waals surface area contributed by atoms with E-state index in [1.807, 2.05) is 0 Å². The van der Waals surface area contributed by atoms with Crippen molar-refractivity contribution < 1.29 is 0 Å². The summed E-state index contributed by atoms with van der Waals surface area (Å²) in [5.41, 5.74) is 10.5. The monoisotopic (exact) mass is 440 g/mol. The van der Waals surface area contributed by atoms with Gasteiger partial charge >= 0.3 is 0 Å². The molecule has 1 N–H and O–H groups in total. The maximum Gasteiger partial charge on any atom is 0.0463 e. The highest BCUT2D eigenvalue weighted by Crippen LogP contribution is 2.36. The highest BCUT2D eigenvalue weighted by atomic mass is 15.1. The van der Waals surface area contributed by atoms with Crippen LogP contribution in [0.2, 0.25) is 0 Å². The van der Waals surface area contributed by atoms with Crippen LogP contribution >= 0.6 is 0 Å². The van der Waals surface area contributed by atoms with Crippen molar-refractivity contribution in [3.8, 4) is 11.1 Å². The van der Waals surface area contributed by atoms with E-state index >= 15 is 0 Å². The number of aryl methyl sites for hydroxylation is 2. The highest BCUT2D eigenvalue weighted by molar-refractivity contribution is 5.79. The molecule has 0 aromatic heterocycles. The van der Waals surface area contributed by atoms with Crippen LogP contribution in [0.1, 0.15) is 11.1 Å². The lowest BCUT2D eigenvalue weighted by Gasteiger charge is -2.26. The molecular formula is C32H28N2. The van der Waals surface area contributed by atoms with Gasteiger partial charge in [-0.15, -0.1) is 0 Å². The normalized spacial score (nSPS) is 10.6. The number of hydrogen-bond acceptors (Lipinski definition) is 2. The zero-order valence-electron chi connectivity index (χ0n) is 19.6. The smallest absolute Gasteiger partial charge is 0.0463 e. The van der Waals surface area contributed by atoms with Gasteiger partial charge in [0.2, 0.25) is 0 Å². The summed E-state index contributed by atoms with van der Waals surface area (Å²) in [6.45, 7) is 4.23. The molecule has 0 radical (unpaired) electrons. The lowest BCUT2D eigenvalue weighted by Crippen LogP contribution is -2.09. The molecule has 5 aromatic carbocycles. The van der Waals surface area contributed by atoms with E-state index in [2.05, 4.69) is 151 Å². The standard InChI is InChI=1S/C32H28N2/c1-24-11-17-30(18-12-24)34(31-19-13-27(14-20-31)26-8-4-3-5-9-26)32-21-15-28(16-22-32)33-29-10-6-7-25(2)23-29/h3-23,33H,1-2H3. The summed E-state index contributed by atoms with van der Waals surface area (Å²) >= 11 is 0. The quantitative estimate of drug-likeness (QED) is 0.283. The molecule has 5 rings (SSSR count). The first-order valence-electron chi connectivity index (χ1n) is 11.6. The molecule has 0 aliphatic carbocycles. The van der Waals surface area contributed by atoms with Gasteiger partial charge in [-0.1, -0.05) is 72.3 Å². The first-order chi connectivity index (χ1) is 16.7. The summed E-state index contributed by atoms with van der Waals surface area (Å²) in [6.07, 6.45) is 0. The van der Waals surface area contributed by atoms with E-state index in [0.29, 0.717) is 0 Å². The van der Waals surface area contributed by atoms with E-state index < -0.39 is 0 Å². The van der Waals surface area contributed by atoms with Crippen LogP contribution in [0.5, 0.6) is 0 Å². The maximum absolute atomic E-state index is 3.50. The average molecular weight is 441 g/mol. The van der Waals surface area contributed by atoms with Crippen molar-refractivity contribution >= 4 is 28.4 Å². The Morgan fingerprint density at radius 3 is 1.62 bits per heavy atom. The van der Waals surface area contributed by atoms with Crippen LogP contribution in [0.25, 0.3) is 11.1 Å². The summed E-state index contributed by atoms with van der Waals surface area (Å²) in [7, 11) is 0. The Bertz CT molecular complexity index is 1350. The van der Waals surface area contributed by atoms with Gasteiger partial charge in [0.1, 0.15) is 0 Å². The second-order valence-corrected chi connectivity index (χ2v) is 8.63. The highest BCUT2D eigenvalue weighted by Gasteiger charge is 2.13. The van der Waals surface area contributed by atoms with Gasteiger partial charge in [-0.2, -0.15) is 0 Å². The molecule has 0 saturated carbocycles. The molecule has 0 amide bonds. The largest absolute Gasteiger partial charge is 0.356 e. The Labute approximate surface area is 202 Å². The first-order valence-corrected chi connectivity index (χ1v) is 11.6. The third-order valence-corrected chi connectivity index (χ3v) is 5.96. The van der Waals surface area contributed by atoms with Gasteiger partial charge in [0.05, 0.1) is 0 Å². The van der Waals surface area contributed by atoms with E-state index in [0.717, 1.165) is 28.4 Å². The summed E-state index contributed by atoms with van der Waals surface area (Å²) in [4.78, 5) is 2.30. The fourth-order valence-corrected chi connectivity index (χ4v) is 4.16. The lowest BCUT2D eigenvalue weighted by molar-refractivity contribution is 1.27. The van der Waals surface area contributed by atoms with Gasteiger partial charge in [0, 0.05) is 28.4 Å². The molecule has 0 bridgehead atoms. The molecule has 0 atom stereocenters. The molecule has 166 valence electrons. The molecule has 0 aliphatic heterocycles. The Morgan fingerprint density at radius 1 is 0.441 bits per heavy atom. The van der Waals surface area contributed by atoms with E-state index in [4.69, 9.17) is 0 Å². The molecule has 5 aromatic rings. The second-order valence-electron chi connectivity index (χ2n) is 8.63. The molecule has 0 saturated heterocycles. The van der Waals surface area contributed by atoms with Gasteiger partial charge in [0.25, 0.3) is 0 Å². The molecule has 2 nitrogen and oxygen atoms in total. The van der Waals surface area contributed by atoms with Crippen molar-refractivity contribution in [2.24, 2.45) is 0 Å². The molecule has 0 heterocycles. The van der Waals surface area contributed by atoms with Crippen molar-refractivity contribution in [1.82, 2.24) is 0 Å². The topological polar surface area (TPSA) is 15.3 Å². The predicted octanol–water partition coefficient (Wildman–Crippen LogP) is 9.18. The van der Waals surface area contributed by atoms with Crippen LogP contribution in [-0.2, 0) is 0 Å². The predicted molar refractivity (Wildman–Crippen MR) is 146 cm³/mol. The maximum atomic E-state index is 3.50. The minimum Gasteiger partial charge on any atom is -0.356 e. The van der Waals surface area contributed by atoms with E-state index in [1.54, 1.807) is 0 Å². The SMILES string of the molecule is Cc1ccc(N(c2ccc(Nc3cccc(C)c3)cc2)c2ccc(-c3ccccc3)cc2)cc1. The van der Waals surface area contributed by atoms with Gasteiger partial charge in [-0.3, -0.25) is 0 Å².